The monoisotopic (exact) mass is 358 g/mol. The Hall–Kier alpha value is -2.79. The van der Waals surface area contributed by atoms with Crippen molar-refractivity contribution in [2.24, 2.45) is 0 Å². The van der Waals surface area contributed by atoms with Gasteiger partial charge in [0, 0.05) is 16.5 Å². The van der Waals surface area contributed by atoms with Crippen LogP contribution in [0, 0.1) is 6.92 Å². The van der Waals surface area contributed by atoms with Gasteiger partial charge in [0.2, 0.25) is 0 Å². The Bertz CT molecular complexity index is 989. The molecule has 3 rings (SSSR count). The maximum absolute atomic E-state index is 12.4. The Morgan fingerprint density at radius 3 is 2.56 bits per heavy atom. The van der Waals surface area contributed by atoms with Gasteiger partial charge >= 0.3 is 11.6 Å². The van der Waals surface area contributed by atoms with Crippen molar-refractivity contribution in [3.05, 3.63) is 63.5 Å². The summed E-state index contributed by atoms with van der Waals surface area (Å²) in [4.78, 5) is 23.6. The van der Waals surface area contributed by atoms with Crippen LogP contribution in [0.2, 0.25) is 5.02 Å². The minimum atomic E-state index is -0.490. The van der Waals surface area contributed by atoms with Crippen LogP contribution >= 0.6 is 11.6 Å². The highest BCUT2D eigenvalue weighted by atomic mass is 35.5. The molecule has 0 aliphatic carbocycles. The normalized spacial score (nSPS) is 10.7. The second kappa shape index (κ2) is 6.99. The lowest BCUT2D eigenvalue weighted by atomic mass is 10.00. The van der Waals surface area contributed by atoms with Crippen LogP contribution in [0.1, 0.15) is 5.56 Å². The van der Waals surface area contributed by atoms with Gasteiger partial charge in [-0.15, -0.1) is 0 Å². The highest BCUT2D eigenvalue weighted by Crippen LogP contribution is 2.29. The highest BCUT2D eigenvalue weighted by Gasteiger charge is 2.14. The van der Waals surface area contributed by atoms with Crippen molar-refractivity contribution in [1.29, 1.82) is 0 Å². The number of carbonyl (C=O) groups excluding carboxylic acids is 1. The second-order valence-electron chi connectivity index (χ2n) is 5.42. The van der Waals surface area contributed by atoms with E-state index in [4.69, 9.17) is 20.8 Å². The van der Waals surface area contributed by atoms with Gasteiger partial charge in [-0.3, -0.25) is 0 Å². The van der Waals surface area contributed by atoms with Crippen molar-refractivity contribution in [3.8, 4) is 16.9 Å². The zero-order valence-corrected chi connectivity index (χ0v) is 14.4. The number of hydrogen-bond acceptors (Lipinski definition) is 5. The molecule has 0 aliphatic rings. The lowest BCUT2D eigenvalue weighted by Gasteiger charge is -2.10. The van der Waals surface area contributed by atoms with Crippen molar-refractivity contribution in [2.45, 2.75) is 6.92 Å². The van der Waals surface area contributed by atoms with Crippen molar-refractivity contribution in [1.82, 2.24) is 0 Å². The van der Waals surface area contributed by atoms with Crippen LogP contribution in [0.4, 0.5) is 0 Å². The molecule has 0 radical (unpaired) electrons. The van der Waals surface area contributed by atoms with Gasteiger partial charge in [-0.25, -0.2) is 9.59 Å². The Labute approximate surface area is 148 Å². The van der Waals surface area contributed by atoms with E-state index in [1.54, 1.807) is 42.5 Å². The number of hydrogen-bond donors (Lipinski definition) is 0. The molecular formula is C19H15ClO5. The van der Waals surface area contributed by atoms with Crippen molar-refractivity contribution in [3.63, 3.8) is 0 Å². The molecule has 6 heteroatoms. The lowest BCUT2D eigenvalue weighted by molar-refractivity contribution is -0.142. The standard InChI is InChI=1S/C19H15ClO5/c1-11-15-8-7-14(24-10-17(21)23-2)9-16(15)25-19(22)18(11)12-3-5-13(20)6-4-12/h3-9H,10H2,1-2H3. The zero-order valence-electron chi connectivity index (χ0n) is 13.7. The molecule has 128 valence electrons. The van der Waals surface area contributed by atoms with E-state index >= 15 is 0 Å². The first kappa shape index (κ1) is 17.0. The molecule has 0 unspecified atom stereocenters. The summed E-state index contributed by atoms with van der Waals surface area (Å²) in [5.41, 5.74) is 1.98. The third-order valence-electron chi connectivity index (χ3n) is 3.86. The molecule has 0 fully saturated rings. The van der Waals surface area contributed by atoms with Gasteiger partial charge in [0.25, 0.3) is 0 Å². The molecule has 0 spiro atoms. The summed E-state index contributed by atoms with van der Waals surface area (Å²) in [7, 11) is 1.28. The molecule has 0 bridgehead atoms. The van der Waals surface area contributed by atoms with E-state index in [9.17, 15) is 9.59 Å². The van der Waals surface area contributed by atoms with E-state index in [0.29, 0.717) is 21.9 Å². The number of esters is 1. The largest absolute Gasteiger partial charge is 0.482 e. The van der Waals surface area contributed by atoms with Crippen LogP contribution < -0.4 is 10.4 Å². The lowest BCUT2D eigenvalue weighted by Crippen LogP contribution is -2.12. The fourth-order valence-corrected chi connectivity index (χ4v) is 2.70. The predicted octanol–water partition coefficient (Wildman–Crippen LogP) is 3.97. The Morgan fingerprint density at radius 1 is 1.16 bits per heavy atom. The maximum Gasteiger partial charge on any atom is 0.344 e. The van der Waals surface area contributed by atoms with Gasteiger partial charge in [-0.1, -0.05) is 23.7 Å². The van der Waals surface area contributed by atoms with E-state index in [1.807, 2.05) is 6.92 Å². The Morgan fingerprint density at radius 2 is 1.88 bits per heavy atom. The molecule has 1 aromatic heterocycles. The fraction of sp³-hybridized carbons (Fsp3) is 0.158. The van der Waals surface area contributed by atoms with Gasteiger partial charge in [0.15, 0.2) is 6.61 Å². The molecule has 2 aromatic carbocycles. The van der Waals surface area contributed by atoms with Crippen LogP contribution in [0.25, 0.3) is 22.1 Å². The molecule has 3 aromatic rings. The number of rotatable bonds is 4. The molecular weight excluding hydrogens is 344 g/mol. The van der Waals surface area contributed by atoms with E-state index in [0.717, 1.165) is 16.5 Å². The van der Waals surface area contributed by atoms with E-state index in [-0.39, 0.29) is 6.61 Å². The average molecular weight is 359 g/mol. The summed E-state index contributed by atoms with van der Waals surface area (Å²) in [5, 5.41) is 1.38. The van der Waals surface area contributed by atoms with E-state index in [1.165, 1.54) is 7.11 Å². The van der Waals surface area contributed by atoms with Crippen LogP contribution in [-0.4, -0.2) is 19.7 Å². The van der Waals surface area contributed by atoms with Crippen molar-refractivity contribution >= 4 is 28.5 Å². The SMILES string of the molecule is COC(=O)COc1ccc2c(C)c(-c3ccc(Cl)cc3)c(=O)oc2c1. The quantitative estimate of drug-likeness (QED) is 0.521. The van der Waals surface area contributed by atoms with Crippen molar-refractivity contribution < 1.29 is 18.7 Å². The molecule has 0 aliphatic heterocycles. The Kier molecular flexibility index (Phi) is 4.76. The number of halogens is 1. The minimum Gasteiger partial charge on any atom is -0.482 e. The molecule has 0 saturated carbocycles. The minimum absolute atomic E-state index is 0.214. The van der Waals surface area contributed by atoms with Crippen LogP contribution in [0.3, 0.4) is 0 Å². The van der Waals surface area contributed by atoms with Crippen LogP contribution in [-0.2, 0) is 9.53 Å². The third kappa shape index (κ3) is 3.51. The van der Waals surface area contributed by atoms with Gasteiger partial charge in [0.1, 0.15) is 11.3 Å². The number of methoxy groups -OCH3 is 1. The highest BCUT2D eigenvalue weighted by molar-refractivity contribution is 6.30. The number of aryl methyl sites for hydroxylation is 1. The first-order chi connectivity index (χ1) is 12.0. The summed E-state index contributed by atoms with van der Waals surface area (Å²) in [6.45, 7) is 1.65. The summed E-state index contributed by atoms with van der Waals surface area (Å²) < 4.78 is 15.3. The topological polar surface area (TPSA) is 65.7 Å². The molecule has 0 amide bonds. The van der Waals surface area contributed by atoms with Crippen molar-refractivity contribution in [2.75, 3.05) is 13.7 Å². The number of carbonyl (C=O) groups is 1. The first-order valence-electron chi connectivity index (χ1n) is 7.52. The summed E-state index contributed by atoms with van der Waals surface area (Å²) >= 11 is 5.91. The van der Waals surface area contributed by atoms with Gasteiger partial charge in [0.05, 0.1) is 12.7 Å². The number of ether oxygens (including phenoxy) is 2. The fourth-order valence-electron chi connectivity index (χ4n) is 2.58. The second-order valence-corrected chi connectivity index (χ2v) is 5.86. The molecule has 25 heavy (non-hydrogen) atoms. The van der Waals surface area contributed by atoms with Crippen LogP contribution in [0.15, 0.2) is 51.7 Å². The smallest absolute Gasteiger partial charge is 0.344 e. The molecule has 1 heterocycles. The maximum atomic E-state index is 12.4. The van der Waals surface area contributed by atoms with Crippen LogP contribution in [0.5, 0.6) is 5.75 Å². The zero-order chi connectivity index (χ0) is 18.0. The van der Waals surface area contributed by atoms with E-state index in [2.05, 4.69) is 4.74 Å². The van der Waals surface area contributed by atoms with Gasteiger partial charge in [-0.05, 0) is 42.3 Å². The summed E-state index contributed by atoms with van der Waals surface area (Å²) in [5.74, 6) is -0.0736. The van der Waals surface area contributed by atoms with Gasteiger partial charge < -0.3 is 13.9 Å². The number of benzene rings is 2. The molecule has 0 N–H and O–H groups in total. The molecule has 0 saturated heterocycles. The molecule has 0 atom stereocenters. The first-order valence-corrected chi connectivity index (χ1v) is 7.90. The third-order valence-corrected chi connectivity index (χ3v) is 4.11. The van der Waals surface area contributed by atoms with Gasteiger partial charge in [-0.2, -0.15) is 0 Å². The predicted molar refractivity (Wildman–Crippen MR) is 95.2 cm³/mol. The summed E-state index contributed by atoms with van der Waals surface area (Å²) in [6.07, 6.45) is 0. The molecule has 5 nitrogen and oxygen atoms in total. The van der Waals surface area contributed by atoms with E-state index < -0.39 is 11.6 Å². The summed E-state index contributed by atoms with van der Waals surface area (Å²) in [6, 6.07) is 12.1. The Balaban J connectivity index is 2.04. The average Bonchev–Trinajstić information content (AvgIpc) is 2.61. The number of fused-ring (bicyclic) bond motifs is 1.